The Bertz CT molecular complexity index is 2920. The normalized spacial score (nSPS) is 11.6. The van der Waals surface area contributed by atoms with Crippen LogP contribution in [0, 0.1) is 0 Å². The minimum atomic E-state index is 0.619. The number of fused-ring (bicyclic) bond motifs is 6. The number of benzene rings is 7. The largest absolute Gasteiger partial charge is 0.456 e. The van der Waals surface area contributed by atoms with Gasteiger partial charge in [0.05, 0.1) is 16.7 Å². The van der Waals surface area contributed by atoms with Crippen molar-refractivity contribution in [3.05, 3.63) is 169 Å². The van der Waals surface area contributed by atoms with Gasteiger partial charge in [-0.3, -0.25) is 0 Å². The molecule has 0 N–H and O–H groups in total. The molecule has 0 bridgehead atoms. The van der Waals surface area contributed by atoms with Gasteiger partial charge < -0.3 is 8.98 Å². The first-order valence-corrected chi connectivity index (χ1v) is 18.7. The molecule has 5 heteroatoms. The van der Waals surface area contributed by atoms with E-state index in [0.717, 1.165) is 72.9 Å². The molecule has 0 spiro atoms. The van der Waals surface area contributed by atoms with Crippen LogP contribution in [-0.2, 0) is 6.42 Å². The van der Waals surface area contributed by atoms with Crippen molar-refractivity contribution < 1.29 is 4.42 Å². The number of unbranched alkanes of at least 4 members (excludes halogenated alkanes) is 1. The first kappa shape index (κ1) is 31.9. The molecule has 0 aliphatic rings. The molecule has 3 aromatic heterocycles. The van der Waals surface area contributed by atoms with Crippen LogP contribution in [0.4, 0.5) is 0 Å². The maximum atomic E-state index is 6.49. The van der Waals surface area contributed by atoms with Gasteiger partial charge in [0.2, 0.25) is 0 Å². The maximum Gasteiger partial charge on any atom is 0.166 e. The fourth-order valence-electron chi connectivity index (χ4n) is 7.73. The summed E-state index contributed by atoms with van der Waals surface area (Å²) in [5.41, 5.74) is 11.4. The van der Waals surface area contributed by atoms with Gasteiger partial charge in [0.1, 0.15) is 11.2 Å². The van der Waals surface area contributed by atoms with Gasteiger partial charge in [-0.1, -0.05) is 135 Å². The van der Waals surface area contributed by atoms with E-state index in [2.05, 4.69) is 115 Å². The molecule has 0 aliphatic carbocycles. The maximum absolute atomic E-state index is 6.49. The Kier molecular flexibility index (Phi) is 7.84. The average Bonchev–Trinajstić information content (AvgIpc) is 3.77. The van der Waals surface area contributed by atoms with Gasteiger partial charge in [0.25, 0.3) is 0 Å². The van der Waals surface area contributed by atoms with Crippen LogP contribution in [0.3, 0.4) is 0 Å². The molecule has 3 heterocycles. The molecular formula is C49H36N4O. The fourth-order valence-corrected chi connectivity index (χ4v) is 7.73. The zero-order valence-corrected chi connectivity index (χ0v) is 29.9. The summed E-state index contributed by atoms with van der Waals surface area (Å²) in [6.45, 7) is 2.23. The highest BCUT2D eigenvalue weighted by atomic mass is 16.3. The topological polar surface area (TPSA) is 56.7 Å². The summed E-state index contributed by atoms with van der Waals surface area (Å²) < 4.78 is 8.84. The number of rotatable bonds is 8. The Balaban J connectivity index is 1.15. The van der Waals surface area contributed by atoms with Gasteiger partial charge >= 0.3 is 0 Å². The highest BCUT2D eigenvalue weighted by Crippen LogP contribution is 2.39. The van der Waals surface area contributed by atoms with Gasteiger partial charge in [-0.2, -0.15) is 0 Å². The molecule has 10 aromatic rings. The second-order valence-corrected chi connectivity index (χ2v) is 13.9. The van der Waals surface area contributed by atoms with Crippen LogP contribution in [0.25, 0.3) is 94.7 Å². The lowest BCUT2D eigenvalue weighted by atomic mass is 10.0. The molecule has 5 nitrogen and oxygen atoms in total. The van der Waals surface area contributed by atoms with E-state index < -0.39 is 0 Å². The number of hydrogen-bond donors (Lipinski definition) is 0. The van der Waals surface area contributed by atoms with Gasteiger partial charge in [-0.15, -0.1) is 0 Å². The van der Waals surface area contributed by atoms with E-state index in [1.54, 1.807) is 0 Å². The summed E-state index contributed by atoms with van der Waals surface area (Å²) in [6, 6.07) is 57.3. The minimum absolute atomic E-state index is 0.619. The second-order valence-electron chi connectivity index (χ2n) is 13.9. The van der Waals surface area contributed by atoms with Crippen LogP contribution >= 0.6 is 0 Å². The van der Waals surface area contributed by atoms with Crippen molar-refractivity contribution in [1.82, 2.24) is 19.5 Å². The van der Waals surface area contributed by atoms with Crippen molar-refractivity contribution in [2.45, 2.75) is 26.2 Å². The van der Waals surface area contributed by atoms with E-state index >= 15 is 0 Å². The highest BCUT2D eigenvalue weighted by Gasteiger charge is 2.20. The van der Waals surface area contributed by atoms with E-state index in [9.17, 15) is 0 Å². The molecule has 0 fully saturated rings. The lowest BCUT2D eigenvalue weighted by molar-refractivity contribution is 0.667. The quantitative estimate of drug-likeness (QED) is 0.159. The van der Waals surface area contributed by atoms with Crippen LogP contribution in [0.5, 0.6) is 0 Å². The minimum Gasteiger partial charge on any atom is -0.456 e. The number of nitrogens with zero attached hydrogens (tertiary/aromatic N) is 4. The predicted molar refractivity (Wildman–Crippen MR) is 222 cm³/mol. The molecule has 258 valence electrons. The predicted octanol–water partition coefficient (Wildman–Crippen LogP) is 12.9. The lowest BCUT2D eigenvalue weighted by Gasteiger charge is -2.15. The summed E-state index contributed by atoms with van der Waals surface area (Å²) in [4.78, 5) is 15.2. The van der Waals surface area contributed by atoms with Crippen LogP contribution in [-0.4, -0.2) is 19.5 Å². The first-order valence-electron chi connectivity index (χ1n) is 18.7. The van der Waals surface area contributed by atoms with E-state index in [4.69, 9.17) is 19.4 Å². The van der Waals surface area contributed by atoms with E-state index in [1.165, 1.54) is 29.2 Å². The van der Waals surface area contributed by atoms with Crippen molar-refractivity contribution in [3.63, 3.8) is 0 Å². The molecule has 54 heavy (non-hydrogen) atoms. The standard InChI is InChI=1S/C49H36N4O/c1-2-3-14-32-23-26-39-40-28-25-36(31-46(40)54-45(39)29-32)35-24-27-38-37-19-10-12-21-42(37)53(44(38)30-35)43-22-13-11-20-41(43)49-51-47(33-15-6-4-7-16-33)50-48(52-49)34-17-8-5-9-18-34/h4-13,15-31H,2-3,14H2,1H3. The fraction of sp³-hybridized carbons (Fsp3) is 0.0816. The Hall–Kier alpha value is -6.85. The molecule has 0 saturated carbocycles. The smallest absolute Gasteiger partial charge is 0.166 e. The van der Waals surface area contributed by atoms with Gasteiger partial charge in [0.15, 0.2) is 17.5 Å². The third kappa shape index (κ3) is 5.53. The van der Waals surface area contributed by atoms with E-state index in [0.29, 0.717) is 17.5 Å². The summed E-state index contributed by atoms with van der Waals surface area (Å²) in [7, 11) is 0. The molecule has 7 aromatic carbocycles. The van der Waals surface area contributed by atoms with Crippen LogP contribution in [0.15, 0.2) is 168 Å². The van der Waals surface area contributed by atoms with Gasteiger partial charge in [-0.25, -0.2) is 15.0 Å². The zero-order valence-electron chi connectivity index (χ0n) is 29.9. The van der Waals surface area contributed by atoms with E-state index in [1.807, 2.05) is 60.7 Å². The van der Waals surface area contributed by atoms with Crippen molar-refractivity contribution in [3.8, 4) is 51.0 Å². The average molecular weight is 697 g/mol. The number of aromatic nitrogens is 4. The molecule has 0 amide bonds. The molecule has 0 atom stereocenters. The Morgan fingerprint density at radius 1 is 0.463 bits per heavy atom. The lowest BCUT2D eigenvalue weighted by Crippen LogP contribution is -2.03. The molecule has 0 saturated heterocycles. The molecule has 0 radical (unpaired) electrons. The molecule has 0 unspecified atom stereocenters. The van der Waals surface area contributed by atoms with Crippen molar-refractivity contribution >= 4 is 43.7 Å². The van der Waals surface area contributed by atoms with Crippen LogP contribution < -0.4 is 0 Å². The highest BCUT2D eigenvalue weighted by molar-refractivity contribution is 6.11. The second kappa shape index (κ2) is 13.3. The number of para-hydroxylation sites is 2. The summed E-state index contributed by atoms with van der Waals surface area (Å²) >= 11 is 0. The summed E-state index contributed by atoms with van der Waals surface area (Å²) in [6.07, 6.45) is 3.43. The van der Waals surface area contributed by atoms with Crippen LogP contribution in [0.2, 0.25) is 0 Å². The third-order valence-corrected chi connectivity index (χ3v) is 10.4. The Morgan fingerprint density at radius 3 is 1.78 bits per heavy atom. The van der Waals surface area contributed by atoms with E-state index in [-0.39, 0.29) is 0 Å². The third-order valence-electron chi connectivity index (χ3n) is 10.4. The molecular weight excluding hydrogens is 661 g/mol. The first-order chi connectivity index (χ1) is 26.7. The molecule has 0 aliphatic heterocycles. The van der Waals surface area contributed by atoms with Crippen molar-refractivity contribution in [2.75, 3.05) is 0 Å². The summed E-state index contributed by atoms with van der Waals surface area (Å²) in [5.74, 6) is 1.89. The summed E-state index contributed by atoms with van der Waals surface area (Å²) in [5, 5.41) is 4.67. The Morgan fingerprint density at radius 2 is 1.04 bits per heavy atom. The zero-order chi connectivity index (χ0) is 36.0. The van der Waals surface area contributed by atoms with Crippen LogP contribution in [0.1, 0.15) is 25.3 Å². The number of furan rings is 1. The Labute approximate surface area is 313 Å². The number of aryl methyl sites for hydroxylation is 1. The van der Waals surface area contributed by atoms with Crippen molar-refractivity contribution in [2.24, 2.45) is 0 Å². The van der Waals surface area contributed by atoms with Gasteiger partial charge in [0, 0.05) is 38.2 Å². The van der Waals surface area contributed by atoms with Crippen molar-refractivity contribution in [1.29, 1.82) is 0 Å². The monoisotopic (exact) mass is 696 g/mol. The van der Waals surface area contributed by atoms with Gasteiger partial charge in [-0.05, 0) is 72.0 Å². The SMILES string of the molecule is CCCCc1ccc2c(c1)oc1cc(-c3ccc4c5ccccc5n(-c5ccccc5-c5nc(-c6ccccc6)nc(-c6ccccc6)n5)c4c3)ccc12. The molecule has 10 rings (SSSR count). The number of hydrogen-bond acceptors (Lipinski definition) is 4.